The lowest BCUT2D eigenvalue weighted by Crippen LogP contribution is -2.59. The second-order valence-electron chi connectivity index (χ2n) is 9.42. The topological polar surface area (TPSA) is 70.2 Å². The third kappa shape index (κ3) is 4.56. The van der Waals surface area contributed by atoms with E-state index in [2.05, 4.69) is 15.3 Å². The van der Waals surface area contributed by atoms with E-state index in [1.165, 1.54) is 0 Å². The van der Waals surface area contributed by atoms with Crippen molar-refractivity contribution in [3.63, 3.8) is 0 Å². The highest BCUT2D eigenvalue weighted by Crippen LogP contribution is 2.45. The van der Waals surface area contributed by atoms with Crippen LogP contribution in [0.15, 0.2) is 24.3 Å². The molecule has 1 aliphatic rings. The van der Waals surface area contributed by atoms with E-state index in [1.807, 2.05) is 19.9 Å². The molecular formula is C24H27ClF3N3O2. The number of fused-ring (bicyclic) bond motifs is 2. The molecule has 0 fully saturated rings. The number of halogens is 4. The number of aromatic nitrogens is 2. The molecule has 33 heavy (non-hydrogen) atoms. The summed E-state index contributed by atoms with van der Waals surface area (Å²) in [5.74, 6) is 0.558. The number of pyridine rings is 1. The average molecular weight is 482 g/mol. The monoisotopic (exact) mass is 481 g/mol. The van der Waals surface area contributed by atoms with Gasteiger partial charge in [0.2, 0.25) is 5.72 Å². The molecule has 0 radical (unpaired) electrons. The van der Waals surface area contributed by atoms with Crippen LogP contribution in [0.3, 0.4) is 0 Å². The van der Waals surface area contributed by atoms with Gasteiger partial charge in [-0.15, -0.1) is 0 Å². The number of hydrogen-bond acceptors (Lipinski definition) is 4. The predicted molar refractivity (Wildman–Crippen MR) is 122 cm³/mol. The van der Waals surface area contributed by atoms with Crippen LogP contribution < -0.4 is 10.1 Å². The van der Waals surface area contributed by atoms with Crippen molar-refractivity contribution < 1.29 is 23.0 Å². The highest BCUT2D eigenvalue weighted by atomic mass is 35.5. The zero-order valence-corrected chi connectivity index (χ0v) is 19.7. The van der Waals surface area contributed by atoms with Crippen molar-refractivity contribution in [3.05, 3.63) is 57.5 Å². The summed E-state index contributed by atoms with van der Waals surface area (Å²) in [6.07, 6.45) is -4.89. The lowest BCUT2D eigenvalue weighted by atomic mass is 9.76. The van der Waals surface area contributed by atoms with Gasteiger partial charge in [0.25, 0.3) is 0 Å². The zero-order valence-electron chi connectivity index (χ0n) is 19.0. The van der Waals surface area contributed by atoms with E-state index in [1.54, 1.807) is 32.0 Å². The SMILES string of the molecule is Cc1cc2[nH]c(CNC(O)(CC(C)(C)c3cc(Cl)cc4c3OCC4)C(F)(F)F)cc2c(C)n1. The number of alkyl halides is 3. The Morgan fingerprint density at radius 2 is 1.91 bits per heavy atom. The summed E-state index contributed by atoms with van der Waals surface area (Å²) < 4.78 is 48.1. The lowest BCUT2D eigenvalue weighted by molar-refractivity contribution is -0.280. The van der Waals surface area contributed by atoms with Crippen LogP contribution in [0.25, 0.3) is 10.9 Å². The van der Waals surface area contributed by atoms with Gasteiger partial charge in [-0.1, -0.05) is 25.4 Å². The second-order valence-corrected chi connectivity index (χ2v) is 9.85. The third-order valence-electron chi connectivity index (χ3n) is 6.21. The molecule has 0 aliphatic carbocycles. The van der Waals surface area contributed by atoms with E-state index in [4.69, 9.17) is 16.3 Å². The van der Waals surface area contributed by atoms with Crippen LogP contribution in [0.2, 0.25) is 5.02 Å². The van der Waals surface area contributed by atoms with Crippen molar-refractivity contribution >= 4 is 22.5 Å². The van der Waals surface area contributed by atoms with Crippen molar-refractivity contribution in [1.29, 1.82) is 0 Å². The molecule has 0 spiro atoms. The van der Waals surface area contributed by atoms with Crippen LogP contribution in [0.5, 0.6) is 5.75 Å². The molecule has 0 bridgehead atoms. The average Bonchev–Trinajstić information content (AvgIpc) is 3.31. The number of benzene rings is 1. The summed E-state index contributed by atoms with van der Waals surface area (Å²) in [5.41, 5.74) is 0.105. The van der Waals surface area contributed by atoms with Gasteiger partial charge in [-0.3, -0.25) is 10.3 Å². The molecule has 3 aromatic rings. The molecular weight excluding hydrogens is 455 g/mol. The Balaban J connectivity index is 1.62. The van der Waals surface area contributed by atoms with Crippen LogP contribution in [0, 0.1) is 13.8 Å². The van der Waals surface area contributed by atoms with Gasteiger partial charge >= 0.3 is 6.18 Å². The largest absolute Gasteiger partial charge is 0.493 e. The number of H-pyrrole nitrogens is 1. The Bertz CT molecular complexity index is 1210. The van der Waals surface area contributed by atoms with Crippen molar-refractivity contribution in [2.45, 2.75) is 64.4 Å². The summed E-state index contributed by atoms with van der Waals surface area (Å²) in [4.78, 5) is 7.51. The molecule has 1 unspecified atom stereocenters. The smallest absolute Gasteiger partial charge is 0.431 e. The van der Waals surface area contributed by atoms with Gasteiger partial charge in [0.15, 0.2) is 0 Å². The fraction of sp³-hybridized carbons (Fsp3) is 0.458. The number of aryl methyl sites for hydroxylation is 2. The Morgan fingerprint density at radius 3 is 2.61 bits per heavy atom. The zero-order chi connectivity index (χ0) is 24.2. The number of rotatable bonds is 6. The summed E-state index contributed by atoms with van der Waals surface area (Å²) in [7, 11) is 0. The molecule has 1 atom stereocenters. The summed E-state index contributed by atoms with van der Waals surface area (Å²) >= 11 is 6.23. The van der Waals surface area contributed by atoms with Crippen molar-refractivity contribution in [3.8, 4) is 5.75 Å². The molecule has 0 saturated heterocycles. The Kier molecular flexibility index (Phi) is 5.91. The van der Waals surface area contributed by atoms with E-state index >= 15 is 0 Å². The fourth-order valence-corrected chi connectivity index (χ4v) is 4.85. The molecule has 2 aromatic heterocycles. The molecule has 0 amide bonds. The maximum absolute atomic E-state index is 14.1. The van der Waals surface area contributed by atoms with Crippen LogP contribution in [-0.2, 0) is 18.4 Å². The summed E-state index contributed by atoms with van der Waals surface area (Å²) in [5, 5.41) is 14.5. The highest BCUT2D eigenvalue weighted by Gasteiger charge is 2.56. The Hall–Kier alpha value is -2.29. The number of nitrogens with one attached hydrogen (secondary N) is 2. The van der Waals surface area contributed by atoms with Gasteiger partial charge in [0, 0.05) is 58.0 Å². The lowest BCUT2D eigenvalue weighted by Gasteiger charge is -2.38. The maximum Gasteiger partial charge on any atom is 0.431 e. The first-order valence-corrected chi connectivity index (χ1v) is 11.1. The van der Waals surface area contributed by atoms with Crippen LogP contribution in [0.4, 0.5) is 13.2 Å². The fourth-order valence-electron chi connectivity index (χ4n) is 4.61. The number of nitrogens with zero attached hydrogens (tertiary/aromatic N) is 1. The van der Waals surface area contributed by atoms with Crippen molar-refractivity contribution in [1.82, 2.24) is 15.3 Å². The van der Waals surface area contributed by atoms with E-state index in [9.17, 15) is 18.3 Å². The van der Waals surface area contributed by atoms with Gasteiger partial charge in [0.05, 0.1) is 6.61 Å². The van der Waals surface area contributed by atoms with E-state index in [0.717, 1.165) is 27.9 Å². The minimum atomic E-state index is -4.91. The van der Waals surface area contributed by atoms with Crippen LogP contribution in [-0.4, -0.2) is 33.6 Å². The van der Waals surface area contributed by atoms with E-state index in [-0.39, 0.29) is 6.54 Å². The molecule has 1 aliphatic heterocycles. The number of ether oxygens (including phenoxy) is 1. The molecule has 1 aromatic carbocycles. The first-order valence-electron chi connectivity index (χ1n) is 10.7. The molecule has 4 rings (SSSR count). The molecule has 9 heteroatoms. The maximum atomic E-state index is 14.1. The number of aromatic amines is 1. The standard InChI is InChI=1S/C24H27ClF3N3O2/c1-13-7-20-18(14(2)30-13)10-17(31-20)11-29-23(32,24(26,27)28)12-22(3,4)19-9-16(25)8-15-5-6-33-21(15)19/h7-10,29,31-32H,5-6,11-12H2,1-4H3. The predicted octanol–water partition coefficient (Wildman–Crippen LogP) is 5.48. The van der Waals surface area contributed by atoms with Gasteiger partial charge < -0.3 is 14.8 Å². The molecule has 0 saturated carbocycles. The van der Waals surface area contributed by atoms with Gasteiger partial charge in [-0.25, -0.2) is 0 Å². The van der Waals surface area contributed by atoms with E-state index in [0.29, 0.717) is 35.1 Å². The molecule has 3 N–H and O–H groups in total. The molecule has 178 valence electrons. The first kappa shape index (κ1) is 23.9. The van der Waals surface area contributed by atoms with Crippen molar-refractivity contribution in [2.24, 2.45) is 0 Å². The normalized spacial score (nSPS) is 16.0. The second kappa shape index (κ2) is 8.18. The van der Waals surface area contributed by atoms with Crippen molar-refractivity contribution in [2.75, 3.05) is 6.61 Å². The van der Waals surface area contributed by atoms with E-state index < -0.39 is 23.7 Å². The summed E-state index contributed by atoms with van der Waals surface area (Å²) in [6.45, 7) is 7.25. The van der Waals surface area contributed by atoms with Gasteiger partial charge in [0.1, 0.15) is 5.75 Å². The molecule has 3 heterocycles. The Labute approximate surface area is 195 Å². The Morgan fingerprint density at radius 1 is 1.18 bits per heavy atom. The highest BCUT2D eigenvalue weighted by molar-refractivity contribution is 6.30. The van der Waals surface area contributed by atoms with Gasteiger partial charge in [-0.05, 0) is 49.1 Å². The van der Waals surface area contributed by atoms with Crippen LogP contribution in [0.1, 0.15) is 48.5 Å². The minimum absolute atomic E-state index is 0.205. The number of aliphatic hydroxyl groups is 1. The van der Waals surface area contributed by atoms with Crippen LogP contribution >= 0.6 is 11.6 Å². The third-order valence-corrected chi connectivity index (χ3v) is 6.42. The first-order chi connectivity index (χ1) is 15.3. The quantitative estimate of drug-likeness (QED) is 0.408. The number of hydrogen-bond donors (Lipinski definition) is 3. The summed E-state index contributed by atoms with van der Waals surface area (Å²) in [6, 6.07) is 6.98. The van der Waals surface area contributed by atoms with Gasteiger partial charge in [-0.2, -0.15) is 13.2 Å². The molecule has 5 nitrogen and oxygen atoms in total. The minimum Gasteiger partial charge on any atom is -0.493 e.